The zero-order valence-electron chi connectivity index (χ0n) is 14.2. The second kappa shape index (κ2) is 9.45. The fraction of sp³-hybridized carbons (Fsp3) is 0.421. The molecule has 2 rings (SSSR count). The van der Waals surface area contributed by atoms with E-state index in [0.717, 1.165) is 18.6 Å². The SMILES string of the molecule is CC(C)Oc1ccc(C(=O)NCC[C@@H](CCO)c2cccs2)cc1. The van der Waals surface area contributed by atoms with E-state index in [2.05, 4.69) is 11.4 Å². The summed E-state index contributed by atoms with van der Waals surface area (Å²) in [5, 5.41) is 14.2. The summed E-state index contributed by atoms with van der Waals surface area (Å²) in [6.45, 7) is 4.69. The molecule has 1 atom stereocenters. The molecule has 1 aromatic heterocycles. The van der Waals surface area contributed by atoms with Crippen molar-refractivity contribution in [2.75, 3.05) is 13.2 Å². The van der Waals surface area contributed by atoms with E-state index >= 15 is 0 Å². The van der Waals surface area contributed by atoms with E-state index in [1.807, 2.05) is 37.4 Å². The molecule has 4 nitrogen and oxygen atoms in total. The largest absolute Gasteiger partial charge is 0.491 e. The monoisotopic (exact) mass is 347 g/mol. The minimum Gasteiger partial charge on any atom is -0.491 e. The van der Waals surface area contributed by atoms with E-state index in [1.165, 1.54) is 4.88 Å². The first-order valence-electron chi connectivity index (χ1n) is 8.29. The highest BCUT2D eigenvalue weighted by Gasteiger charge is 2.13. The average Bonchev–Trinajstić information content (AvgIpc) is 3.08. The van der Waals surface area contributed by atoms with Gasteiger partial charge in [0.15, 0.2) is 0 Å². The highest BCUT2D eigenvalue weighted by molar-refractivity contribution is 7.10. The Bertz CT molecular complexity index is 608. The smallest absolute Gasteiger partial charge is 0.251 e. The van der Waals surface area contributed by atoms with Crippen molar-refractivity contribution in [1.29, 1.82) is 0 Å². The first kappa shape index (κ1) is 18.5. The van der Waals surface area contributed by atoms with Gasteiger partial charge in [0, 0.05) is 23.6 Å². The topological polar surface area (TPSA) is 58.6 Å². The Kier molecular flexibility index (Phi) is 7.28. The number of ether oxygens (including phenoxy) is 1. The molecule has 2 aromatic rings. The van der Waals surface area contributed by atoms with E-state index < -0.39 is 0 Å². The predicted octanol–water partition coefficient (Wildman–Crippen LogP) is 3.82. The highest BCUT2D eigenvalue weighted by atomic mass is 32.1. The first-order valence-corrected chi connectivity index (χ1v) is 9.17. The maximum atomic E-state index is 12.2. The van der Waals surface area contributed by atoms with Crippen molar-refractivity contribution in [1.82, 2.24) is 5.32 Å². The highest BCUT2D eigenvalue weighted by Crippen LogP contribution is 2.26. The van der Waals surface area contributed by atoms with E-state index in [0.29, 0.717) is 12.1 Å². The van der Waals surface area contributed by atoms with Crippen LogP contribution >= 0.6 is 11.3 Å². The quantitative estimate of drug-likeness (QED) is 0.725. The number of hydrogen-bond donors (Lipinski definition) is 2. The summed E-state index contributed by atoms with van der Waals surface area (Å²) < 4.78 is 5.58. The van der Waals surface area contributed by atoms with Crippen LogP contribution in [0.2, 0.25) is 0 Å². The predicted molar refractivity (Wildman–Crippen MR) is 97.9 cm³/mol. The van der Waals surface area contributed by atoms with Crippen molar-refractivity contribution >= 4 is 17.2 Å². The third kappa shape index (κ3) is 5.65. The Hall–Kier alpha value is -1.85. The van der Waals surface area contributed by atoms with Gasteiger partial charge in [-0.2, -0.15) is 0 Å². The number of carbonyl (C=O) groups excluding carboxylic acids is 1. The molecule has 1 heterocycles. The van der Waals surface area contributed by atoms with Crippen molar-refractivity contribution in [3.8, 4) is 5.75 Å². The van der Waals surface area contributed by atoms with E-state index in [1.54, 1.807) is 23.5 Å². The van der Waals surface area contributed by atoms with Crippen LogP contribution in [-0.2, 0) is 0 Å². The molecule has 0 aliphatic rings. The van der Waals surface area contributed by atoms with Crippen molar-refractivity contribution in [2.24, 2.45) is 0 Å². The number of rotatable bonds is 9. The standard InChI is InChI=1S/C19H25NO3S/c1-14(2)23-17-7-5-16(6-8-17)19(22)20-11-9-15(10-12-21)18-4-3-13-24-18/h3-8,13-15,21H,9-12H2,1-2H3,(H,20,22)/t15-/m0/s1. The van der Waals surface area contributed by atoms with Crippen LogP contribution in [0.15, 0.2) is 41.8 Å². The van der Waals surface area contributed by atoms with Crippen LogP contribution < -0.4 is 10.1 Å². The molecule has 0 radical (unpaired) electrons. The van der Waals surface area contributed by atoms with Gasteiger partial charge in [-0.05, 0) is 68.3 Å². The summed E-state index contributed by atoms with van der Waals surface area (Å²) in [6.07, 6.45) is 1.66. The number of hydrogen-bond acceptors (Lipinski definition) is 4. The number of benzene rings is 1. The fourth-order valence-corrected chi connectivity index (χ4v) is 3.43. The van der Waals surface area contributed by atoms with Crippen LogP contribution in [0.1, 0.15) is 47.8 Å². The molecule has 24 heavy (non-hydrogen) atoms. The molecule has 5 heteroatoms. The number of aliphatic hydroxyl groups is 1. The van der Waals surface area contributed by atoms with Crippen LogP contribution in [0.25, 0.3) is 0 Å². The van der Waals surface area contributed by atoms with E-state index in [9.17, 15) is 9.90 Å². The number of aliphatic hydroxyl groups excluding tert-OH is 1. The molecule has 0 bridgehead atoms. The van der Waals surface area contributed by atoms with Crippen molar-refractivity contribution in [2.45, 2.75) is 38.7 Å². The zero-order chi connectivity index (χ0) is 17.4. The lowest BCUT2D eigenvalue weighted by atomic mass is 10.00. The van der Waals surface area contributed by atoms with Crippen LogP contribution in [-0.4, -0.2) is 30.3 Å². The lowest BCUT2D eigenvalue weighted by Crippen LogP contribution is -2.25. The van der Waals surface area contributed by atoms with Gasteiger partial charge in [-0.1, -0.05) is 6.07 Å². The zero-order valence-corrected chi connectivity index (χ0v) is 15.0. The van der Waals surface area contributed by atoms with Gasteiger partial charge in [0.05, 0.1) is 6.10 Å². The molecule has 0 spiro atoms. The summed E-state index contributed by atoms with van der Waals surface area (Å²) >= 11 is 1.69. The Labute approximate surface area is 147 Å². The molecule has 0 saturated carbocycles. The average molecular weight is 347 g/mol. The van der Waals surface area contributed by atoms with Crippen molar-refractivity contribution in [3.05, 3.63) is 52.2 Å². The summed E-state index contributed by atoms with van der Waals surface area (Å²) in [7, 11) is 0. The summed E-state index contributed by atoms with van der Waals surface area (Å²) in [5.74, 6) is 0.972. The van der Waals surface area contributed by atoms with Crippen molar-refractivity contribution < 1.29 is 14.6 Å². The van der Waals surface area contributed by atoms with Gasteiger partial charge < -0.3 is 15.2 Å². The van der Waals surface area contributed by atoms with Crippen LogP contribution in [0.5, 0.6) is 5.75 Å². The van der Waals surface area contributed by atoms with E-state index in [4.69, 9.17) is 4.74 Å². The minimum atomic E-state index is -0.0833. The fourth-order valence-electron chi connectivity index (χ4n) is 2.53. The van der Waals surface area contributed by atoms with Crippen LogP contribution in [0.3, 0.4) is 0 Å². The van der Waals surface area contributed by atoms with Gasteiger partial charge in [-0.3, -0.25) is 4.79 Å². The molecule has 1 aromatic carbocycles. The molecular weight excluding hydrogens is 322 g/mol. The lowest BCUT2D eigenvalue weighted by Gasteiger charge is -2.15. The summed E-state index contributed by atoms with van der Waals surface area (Å²) in [5.41, 5.74) is 0.626. The van der Waals surface area contributed by atoms with Crippen LogP contribution in [0, 0.1) is 0 Å². The third-order valence-corrected chi connectivity index (χ3v) is 4.72. The maximum Gasteiger partial charge on any atom is 0.251 e. The summed E-state index contributed by atoms with van der Waals surface area (Å²) in [6, 6.07) is 11.3. The third-order valence-electron chi connectivity index (χ3n) is 3.69. The van der Waals surface area contributed by atoms with Crippen LogP contribution in [0.4, 0.5) is 0 Å². The second-order valence-electron chi connectivity index (χ2n) is 5.96. The second-order valence-corrected chi connectivity index (χ2v) is 6.94. The molecule has 130 valence electrons. The molecule has 0 unspecified atom stereocenters. The molecule has 0 fully saturated rings. The Morgan fingerprint density at radius 2 is 1.96 bits per heavy atom. The van der Waals surface area contributed by atoms with E-state index in [-0.39, 0.29) is 24.5 Å². The molecule has 1 amide bonds. The van der Waals surface area contributed by atoms with Gasteiger partial charge in [0.2, 0.25) is 0 Å². The Morgan fingerprint density at radius 3 is 2.54 bits per heavy atom. The first-order chi connectivity index (χ1) is 11.6. The van der Waals surface area contributed by atoms with Gasteiger partial charge in [-0.25, -0.2) is 0 Å². The maximum absolute atomic E-state index is 12.2. The molecule has 0 saturated heterocycles. The molecule has 2 N–H and O–H groups in total. The lowest BCUT2D eigenvalue weighted by molar-refractivity contribution is 0.0952. The normalized spacial score (nSPS) is 12.2. The number of nitrogens with one attached hydrogen (secondary N) is 1. The Balaban J connectivity index is 1.83. The molecule has 0 aliphatic heterocycles. The summed E-state index contributed by atoms with van der Waals surface area (Å²) in [4.78, 5) is 13.5. The van der Waals surface area contributed by atoms with Gasteiger partial charge in [0.1, 0.15) is 5.75 Å². The number of carbonyl (C=O) groups is 1. The molecular formula is C19H25NO3S. The van der Waals surface area contributed by atoms with Gasteiger partial charge in [-0.15, -0.1) is 11.3 Å². The van der Waals surface area contributed by atoms with Gasteiger partial charge >= 0.3 is 0 Å². The Morgan fingerprint density at radius 1 is 1.21 bits per heavy atom. The number of thiophene rings is 1. The van der Waals surface area contributed by atoms with Crippen molar-refractivity contribution in [3.63, 3.8) is 0 Å². The van der Waals surface area contributed by atoms with Gasteiger partial charge in [0.25, 0.3) is 5.91 Å². The molecule has 0 aliphatic carbocycles. The minimum absolute atomic E-state index is 0.0833. The number of amides is 1.